The molecule has 2 aliphatic rings. The summed E-state index contributed by atoms with van der Waals surface area (Å²) in [4.78, 5) is 21.9. The molecular formula is C16H21F6N2O2. The van der Waals surface area contributed by atoms with Gasteiger partial charge in [-0.05, 0) is 63.2 Å². The van der Waals surface area contributed by atoms with E-state index in [1.807, 2.05) is 10.6 Å². The van der Waals surface area contributed by atoms with Crippen LogP contribution in [-0.4, -0.2) is 36.3 Å². The zero-order valence-electron chi connectivity index (χ0n) is 14.0. The van der Waals surface area contributed by atoms with Crippen molar-refractivity contribution < 1.29 is 35.9 Å². The Morgan fingerprint density at radius 2 is 1.08 bits per heavy atom. The molecule has 4 nitrogen and oxygen atoms in total. The highest BCUT2D eigenvalue weighted by molar-refractivity contribution is 5.82. The topological polar surface area (TPSA) is 58.2 Å². The molecule has 2 N–H and O–H groups in total. The Hall–Kier alpha value is -1.48. The Balaban J connectivity index is 1.71. The SMILES string of the molecule is O=C(NC1CC[C]([C@H]2CC[C@H](NC(=O)C(F)(F)F)CC2)CC1)C(F)(F)F. The summed E-state index contributed by atoms with van der Waals surface area (Å²) in [7, 11) is 0. The molecule has 2 saturated carbocycles. The Morgan fingerprint density at radius 3 is 1.46 bits per heavy atom. The highest BCUT2D eigenvalue weighted by atomic mass is 19.4. The van der Waals surface area contributed by atoms with E-state index >= 15 is 0 Å². The summed E-state index contributed by atoms with van der Waals surface area (Å²) in [5, 5.41) is 3.99. The van der Waals surface area contributed by atoms with Crippen LogP contribution in [0.25, 0.3) is 0 Å². The van der Waals surface area contributed by atoms with Gasteiger partial charge in [0.15, 0.2) is 0 Å². The molecule has 0 aliphatic heterocycles. The maximum Gasteiger partial charge on any atom is 0.471 e. The fraction of sp³-hybridized carbons (Fsp3) is 0.812. The molecule has 0 aromatic rings. The first-order valence-electron chi connectivity index (χ1n) is 8.56. The fourth-order valence-electron chi connectivity index (χ4n) is 3.72. The van der Waals surface area contributed by atoms with E-state index in [0.29, 0.717) is 51.4 Å². The predicted molar refractivity (Wildman–Crippen MR) is 79.6 cm³/mol. The molecule has 149 valence electrons. The first-order chi connectivity index (χ1) is 12.0. The zero-order chi connectivity index (χ0) is 19.5. The van der Waals surface area contributed by atoms with E-state index in [1.54, 1.807) is 0 Å². The lowest BCUT2D eigenvalue weighted by Gasteiger charge is -2.37. The lowest BCUT2D eigenvalue weighted by atomic mass is 9.71. The van der Waals surface area contributed by atoms with Crippen molar-refractivity contribution in [1.29, 1.82) is 0 Å². The Morgan fingerprint density at radius 1 is 0.692 bits per heavy atom. The molecule has 0 unspecified atom stereocenters. The van der Waals surface area contributed by atoms with Gasteiger partial charge in [-0.2, -0.15) is 26.3 Å². The number of carbonyl (C=O) groups excluding carboxylic acids is 2. The lowest BCUT2D eigenvalue weighted by Crippen LogP contribution is -2.46. The molecule has 2 fully saturated rings. The van der Waals surface area contributed by atoms with E-state index in [1.165, 1.54) is 5.92 Å². The van der Waals surface area contributed by atoms with Crippen molar-refractivity contribution in [2.75, 3.05) is 0 Å². The molecule has 26 heavy (non-hydrogen) atoms. The maximum atomic E-state index is 12.3. The second-order valence-electron chi connectivity index (χ2n) is 6.92. The molecule has 2 rings (SSSR count). The number of alkyl halides is 6. The van der Waals surface area contributed by atoms with E-state index in [0.717, 1.165) is 0 Å². The number of carbonyl (C=O) groups is 2. The third-order valence-corrected chi connectivity index (χ3v) is 5.12. The van der Waals surface area contributed by atoms with Gasteiger partial charge in [-0.25, -0.2) is 0 Å². The van der Waals surface area contributed by atoms with Gasteiger partial charge in [0.1, 0.15) is 0 Å². The molecular weight excluding hydrogens is 366 g/mol. The summed E-state index contributed by atoms with van der Waals surface area (Å²) in [6.45, 7) is 0. The van der Waals surface area contributed by atoms with Gasteiger partial charge >= 0.3 is 24.2 Å². The second-order valence-corrected chi connectivity index (χ2v) is 6.92. The molecule has 0 heterocycles. The Kier molecular flexibility index (Phi) is 6.44. The molecule has 0 spiro atoms. The van der Waals surface area contributed by atoms with Gasteiger partial charge in [-0.1, -0.05) is 0 Å². The van der Waals surface area contributed by atoms with Crippen LogP contribution in [0, 0.1) is 11.8 Å². The average molecular weight is 387 g/mol. The van der Waals surface area contributed by atoms with Gasteiger partial charge in [-0.15, -0.1) is 0 Å². The minimum Gasteiger partial charge on any atom is -0.346 e. The largest absolute Gasteiger partial charge is 0.471 e. The number of halogens is 6. The smallest absolute Gasteiger partial charge is 0.346 e. The van der Waals surface area contributed by atoms with Crippen molar-refractivity contribution in [2.24, 2.45) is 5.92 Å². The second kappa shape index (κ2) is 8.04. The van der Waals surface area contributed by atoms with E-state index in [4.69, 9.17) is 0 Å². The molecule has 0 aromatic carbocycles. The van der Waals surface area contributed by atoms with Gasteiger partial charge in [0, 0.05) is 12.1 Å². The quantitative estimate of drug-likeness (QED) is 0.729. The molecule has 0 aromatic heterocycles. The average Bonchev–Trinajstić information content (AvgIpc) is 2.54. The van der Waals surface area contributed by atoms with E-state index in [9.17, 15) is 35.9 Å². The first-order valence-corrected chi connectivity index (χ1v) is 8.56. The molecule has 0 saturated heterocycles. The van der Waals surface area contributed by atoms with E-state index in [-0.39, 0.29) is 5.92 Å². The van der Waals surface area contributed by atoms with E-state index < -0.39 is 36.3 Å². The Labute approximate surface area is 147 Å². The van der Waals surface area contributed by atoms with E-state index in [2.05, 4.69) is 0 Å². The molecule has 10 heteroatoms. The van der Waals surface area contributed by atoms with Gasteiger partial charge in [0.25, 0.3) is 0 Å². The monoisotopic (exact) mass is 387 g/mol. The molecule has 1 radical (unpaired) electrons. The molecule has 2 aliphatic carbocycles. The summed E-state index contributed by atoms with van der Waals surface area (Å²) in [6.07, 6.45) is -5.50. The van der Waals surface area contributed by atoms with Crippen molar-refractivity contribution in [3.63, 3.8) is 0 Å². The summed E-state index contributed by atoms with van der Waals surface area (Å²) in [5.41, 5.74) is 0. The number of rotatable bonds is 3. The zero-order valence-corrected chi connectivity index (χ0v) is 14.0. The van der Waals surface area contributed by atoms with Crippen LogP contribution in [0.1, 0.15) is 51.4 Å². The fourth-order valence-corrected chi connectivity index (χ4v) is 3.72. The number of hydrogen-bond acceptors (Lipinski definition) is 2. The van der Waals surface area contributed by atoms with Gasteiger partial charge in [-0.3, -0.25) is 9.59 Å². The standard InChI is InChI=1S/C16H21F6N2O2/c17-15(18,19)13(25)23-11-5-1-9(2-6-11)10-3-7-12(8-4-10)24-14(26)16(20,21)22/h9,11-12H,1-8H2,(H,23,25)(H,24,26)/t9-,11-. The number of nitrogens with one attached hydrogen (secondary N) is 2. The lowest BCUT2D eigenvalue weighted by molar-refractivity contribution is -0.174. The first kappa shape index (κ1) is 20.8. The summed E-state index contributed by atoms with van der Waals surface area (Å²) in [6, 6.07) is -1.00. The van der Waals surface area contributed by atoms with Crippen LogP contribution in [0.4, 0.5) is 26.3 Å². The van der Waals surface area contributed by atoms with Crippen LogP contribution in [0.3, 0.4) is 0 Å². The predicted octanol–water partition coefficient (Wildman–Crippen LogP) is 3.42. The minimum atomic E-state index is -4.89. The van der Waals surface area contributed by atoms with Crippen molar-refractivity contribution in [2.45, 2.75) is 75.8 Å². The molecule has 2 amide bonds. The van der Waals surface area contributed by atoms with Crippen LogP contribution < -0.4 is 10.6 Å². The van der Waals surface area contributed by atoms with Crippen LogP contribution in [0.5, 0.6) is 0 Å². The van der Waals surface area contributed by atoms with Crippen molar-refractivity contribution in [3.05, 3.63) is 5.92 Å². The van der Waals surface area contributed by atoms with Crippen molar-refractivity contribution >= 4 is 11.8 Å². The third kappa shape index (κ3) is 5.77. The third-order valence-electron chi connectivity index (χ3n) is 5.12. The summed E-state index contributed by atoms with van der Waals surface area (Å²) < 4.78 is 73.5. The van der Waals surface area contributed by atoms with Crippen molar-refractivity contribution in [1.82, 2.24) is 10.6 Å². The van der Waals surface area contributed by atoms with Gasteiger partial charge in [0.2, 0.25) is 0 Å². The summed E-state index contributed by atoms with van der Waals surface area (Å²) >= 11 is 0. The van der Waals surface area contributed by atoms with Crippen molar-refractivity contribution in [3.8, 4) is 0 Å². The molecule has 0 atom stereocenters. The summed E-state index contributed by atoms with van der Waals surface area (Å²) in [5.74, 6) is -2.43. The highest BCUT2D eigenvalue weighted by Crippen LogP contribution is 2.40. The van der Waals surface area contributed by atoms with Crippen LogP contribution in [0.2, 0.25) is 0 Å². The van der Waals surface area contributed by atoms with Gasteiger partial charge < -0.3 is 10.6 Å². The Bertz CT molecular complexity index is 458. The molecule has 0 bridgehead atoms. The van der Waals surface area contributed by atoms with Crippen LogP contribution in [-0.2, 0) is 9.59 Å². The van der Waals surface area contributed by atoms with Crippen LogP contribution >= 0.6 is 0 Å². The number of hydrogen-bond donors (Lipinski definition) is 2. The highest BCUT2D eigenvalue weighted by Gasteiger charge is 2.42. The number of amides is 2. The normalized spacial score (nSPS) is 26.4. The maximum absolute atomic E-state index is 12.3. The van der Waals surface area contributed by atoms with Gasteiger partial charge in [0.05, 0.1) is 0 Å². The minimum absolute atomic E-state index is 0.216. The van der Waals surface area contributed by atoms with Crippen LogP contribution in [0.15, 0.2) is 0 Å².